The Kier molecular flexibility index (Phi) is 28.9. The maximum absolute atomic E-state index is 13.7. The summed E-state index contributed by atoms with van der Waals surface area (Å²) in [6.07, 6.45) is -0.686. The Bertz CT molecular complexity index is 1820. The summed E-state index contributed by atoms with van der Waals surface area (Å²) in [5, 5.41) is 42.6. The van der Waals surface area contributed by atoms with Gasteiger partial charge >= 0.3 is 12.2 Å². The van der Waals surface area contributed by atoms with Crippen LogP contribution < -0.4 is 70.8 Å². The van der Waals surface area contributed by atoms with Crippen molar-refractivity contribution in [3.63, 3.8) is 0 Å². The second-order valence-electron chi connectivity index (χ2n) is 16.6. The smallest absolute Gasteiger partial charge is 0.407 e. The molecule has 0 saturated heterocycles. The van der Waals surface area contributed by atoms with E-state index in [1.54, 1.807) is 0 Å². The van der Waals surface area contributed by atoms with Crippen molar-refractivity contribution in [3.05, 3.63) is 12.2 Å². The summed E-state index contributed by atoms with van der Waals surface area (Å²) in [4.78, 5) is 142. The van der Waals surface area contributed by atoms with Crippen LogP contribution in [0.25, 0.3) is 0 Å². The highest BCUT2D eigenvalue weighted by Gasteiger charge is 2.36. The molecule has 28 nitrogen and oxygen atoms in total. The number of carbonyl (C=O) groups is 11. The van der Waals surface area contributed by atoms with E-state index in [1.807, 2.05) is 0 Å². The van der Waals surface area contributed by atoms with Crippen molar-refractivity contribution >= 4 is 65.4 Å². The highest BCUT2D eigenvalue weighted by Crippen LogP contribution is 2.08. The molecule has 0 radical (unpaired) electrons. The molecular weight excluding hydrogens is 927 g/mol. The fraction of sp³-hybridized carbons (Fsp3) is 0.690. The number of hydrogen-bond donors (Lipinski definition) is 15. The minimum Gasteiger partial charge on any atom is -0.445 e. The molecule has 19 N–H and O–H groups in total. The van der Waals surface area contributed by atoms with Crippen LogP contribution >= 0.6 is 0 Å². The summed E-state index contributed by atoms with van der Waals surface area (Å²) in [6.45, 7) is 4.86. The first kappa shape index (κ1) is 61.4. The summed E-state index contributed by atoms with van der Waals surface area (Å²) in [7, 11) is 0. The molecule has 0 unspecified atom stereocenters. The molecule has 1 rings (SSSR count). The van der Waals surface area contributed by atoms with Crippen LogP contribution in [-0.4, -0.2) is 169 Å². The van der Waals surface area contributed by atoms with Crippen molar-refractivity contribution in [1.29, 1.82) is 0 Å². The van der Waals surface area contributed by atoms with Gasteiger partial charge in [-0.1, -0.05) is 6.42 Å². The van der Waals surface area contributed by atoms with E-state index in [0.29, 0.717) is 19.4 Å². The molecule has 0 spiro atoms. The number of primary amides is 2. The number of amides is 11. The van der Waals surface area contributed by atoms with E-state index < -0.39 is 132 Å². The Morgan fingerprint density at radius 3 is 1.76 bits per heavy atom. The average molecular weight is 1000 g/mol. The summed E-state index contributed by atoms with van der Waals surface area (Å²) in [5.74, 6) is -8.93. The van der Waals surface area contributed by atoms with Crippen LogP contribution in [0.15, 0.2) is 12.2 Å². The number of unbranched alkanes of at least 4 members (excludes halogenated alkanes) is 1. The van der Waals surface area contributed by atoms with Gasteiger partial charge in [0, 0.05) is 13.1 Å². The van der Waals surface area contributed by atoms with E-state index in [4.69, 9.17) is 32.4 Å². The van der Waals surface area contributed by atoms with E-state index in [1.165, 1.54) is 26.0 Å². The molecular formula is C42H73N13O15. The van der Waals surface area contributed by atoms with Crippen molar-refractivity contribution in [2.24, 2.45) is 22.9 Å². The quantitative estimate of drug-likeness (QED) is 0.0604. The highest BCUT2D eigenvalue weighted by atomic mass is 16.6. The Balaban J connectivity index is 3.48. The number of ether oxygens (including phenoxy) is 2. The summed E-state index contributed by atoms with van der Waals surface area (Å²) in [6, 6.07) is -11.8. The number of rotatable bonds is 13. The Morgan fingerprint density at radius 2 is 1.24 bits per heavy atom. The molecule has 0 bridgehead atoms. The van der Waals surface area contributed by atoms with Crippen molar-refractivity contribution in [3.8, 4) is 0 Å². The van der Waals surface area contributed by atoms with Gasteiger partial charge in [0.15, 0.2) is 0 Å². The zero-order valence-electron chi connectivity index (χ0n) is 40.0. The first-order chi connectivity index (χ1) is 33.0. The molecule has 0 aromatic rings. The molecule has 10 atom stereocenters. The number of aliphatic hydroxyl groups is 2. The summed E-state index contributed by atoms with van der Waals surface area (Å²) >= 11 is 0. The Morgan fingerprint density at radius 1 is 0.714 bits per heavy atom. The fourth-order valence-corrected chi connectivity index (χ4v) is 6.31. The lowest BCUT2D eigenvalue weighted by molar-refractivity contribution is -0.138. The van der Waals surface area contributed by atoms with Crippen LogP contribution in [0.2, 0.25) is 0 Å². The van der Waals surface area contributed by atoms with Crippen molar-refractivity contribution < 1.29 is 72.4 Å². The lowest BCUT2D eigenvalue weighted by atomic mass is 10.0. The lowest BCUT2D eigenvalue weighted by Gasteiger charge is -2.28. The van der Waals surface area contributed by atoms with Crippen molar-refractivity contribution in [1.82, 2.24) is 47.9 Å². The number of aliphatic hydroxyl groups excluding tert-OH is 2. The Labute approximate surface area is 405 Å². The highest BCUT2D eigenvalue weighted by molar-refractivity contribution is 5.99. The molecule has 0 saturated carbocycles. The number of alkyl carbamates (subject to hydrolysis) is 2. The summed E-state index contributed by atoms with van der Waals surface area (Å²) in [5.41, 5.74) is 22.3. The minimum absolute atomic E-state index is 0.0621. The fourth-order valence-electron chi connectivity index (χ4n) is 6.31. The molecule has 396 valence electrons. The third-order valence-corrected chi connectivity index (χ3v) is 10.4. The largest absolute Gasteiger partial charge is 0.445 e. The third kappa shape index (κ3) is 24.6. The van der Waals surface area contributed by atoms with Crippen LogP contribution in [0.1, 0.15) is 91.9 Å². The topological polar surface area (TPSA) is 459 Å². The molecule has 28 heteroatoms. The predicted molar refractivity (Wildman–Crippen MR) is 248 cm³/mol. The first-order valence-electron chi connectivity index (χ1n) is 23.0. The SMILES string of the molecule is C[C@H](NC(=O)[C@@H]1CCCCNC(=O)OC/C=C/COC(=O)NCCCC[C@H](NC(=O)[C@@H](N)CCCCN)C(=O)N[C@@H](CC(N)=O)C(=O)N[C@@H]([C@@H](C)O)C(=O)N[C@@H](C)C(=O)N[C@@H]([C@@H](C)O)C(=O)N1)C(N)=O. The van der Waals surface area contributed by atoms with Gasteiger partial charge in [-0.15, -0.1) is 0 Å². The molecule has 0 aromatic heterocycles. The van der Waals surface area contributed by atoms with Gasteiger partial charge in [0.25, 0.3) is 0 Å². The second kappa shape index (κ2) is 33.0. The first-order valence-corrected chi connectivity index (χ1v) is 23.0. The lowest BCUT2D eigenvalue weighted by Crippen LogP contribution is -2.62. The molecule has 0 aliphatic carbocycles. The monoisotopic (exact) mass is 1000 g/mol. The molecule has 11 amide bonds. The van der Waals surface area contributed by atoms with Crippen LogP contribution in [0.4, 0.5) is 9.59 Å². The molecule has 0 fully saturated rings. The van der Waals surface area contributed by atoms with Gasteiger partial charge in [-0.2, -0.15) is 0 Å². The summed E-state index contributed by atoms with van der Waals surface area (Å²) < 4.78 is 10.1. The van der Waals surface area contributed by atoms with Crippen LogP contribution in [0, 0.1) is 0 Å². The number of nitrogens with one attached hydrogen (secondary N) is 9. The minimum atomic E-state index is -1.84. The van der Waals surface area contributed by atoms with Crippen LogP contribution in [-0.2, 0) is 52.6 Å². The van der Waals surface area contributed by atoms with E-state index in [2.05, 4.69) is 47.9 Å². The molecule has 0 aromatic carbocycles. The normalized spacial score (nSPS) is 25.2. The zero-order valence-corrected chi connectivity index (χ0v) is 40.0. The van der Waals surface area contributed by atoms with Gasteiger partial charge in [0.2, 0.25) is 53.2 Å². The van der Waals surface area contributed by atoms with Gasteiger partial charge < -0.3 is 90.5 Å². The number of carbonyl (C=O) groups excluding carboxylic acids is 11. The Hall–Kier alpha value is -6.65. The molecule has 1 aliphatic heterocycles. The van der Waals surface area contributed by atoms with Crippen molar-refractivity contribution in [2.75, 3.05) is 32.8 Å². The van der Waals surface area contributed by atoms with E-state index in [-0.39, 0.29) is 71.2 Å². The van der Waals surface area contributed by atoms with Crippen molar-refractivity contribution in [2.45, 2.75) is 152 Å². The standard InChI is InChI=1S/C42H73N13O15/c1-22(33(46)59)49-36(62)27-14-6-9-17-47-41(67)69-19-11-12-20-70-42(68)48-18-10-7-15-28(51-35(61)26(44)13-5-8-16-43)37(63)53-29(21-30(45)58)38(64)55-31(24(3)56)39(65)50-23(2)34(60)54-32(25(4)57)40(66)52-27/h11-12,22-29,31-32,56-57H,5-10,13-21,43-44H2,1-4H3,(H2,45,58)(H2,46,59)(H,47,67)(H,48,68)(H,49,62)(H,50,65)(H,51,61)(H,52,66)(H,53,63)(H,54,60)(H,55,64)/b12-11+/t22-,23-,24+,25+,26-,27-,28-,29-,31-,32-/m0/s1. The molecule has 1 heterocycles. The van der Waals surface area contributed by atoms with E-state index in [9.17, 15) is 63.0 Å². The number of nitrogens with two attached hydrogens (primary N) is 4. The van der Waals surface area contributed by atoms with Gasteiger partial charge in [0.05, 0.1) is 24.7 Å². The van der Waals surface area contributed by atoms with Gasteiger partial charge in [-0.05, 0) is 97.8 Å². The third-order valence-electron chi connectivity index (χ3n) is 10.4. The number of hydrogen-bond acceptors (Lipinski definition) is 17. The predicted octanol–water partition coefficient (Wildman–Crippen LogP) is -5.64. The van der Waals surface area contributed by atoms with Crippen LogP contribution in [0.3, 0.4) is 0 Å². The van der Waals surface area contributed by atoms with Gasteiger partial charge in [0.1, 0.15) is 55.5 Å². The average Bonchev–Trinajstić information content (AvgIpc) is 3.28. The molecule has 1 aliphatic rings. The second-order valence-corrected chi connectivity index (χ2v) is 16.6. The maximum atomic E-state index is 13.7. The van der Waals surface area contributed by atoms with E-state index >= 15 is 0 Å². The maximum Gasteiger partial charge on any atom is 0.407 e. The van der Waals surface area contributed by atoms with E-state index in [0.717, 1.165) is 13.8 Å². The van der Waals surface area contributed by atoms with Gasteiger partial charge in [-0.25, -0.2) is 9.59 Å². The number of cyclic esters (lactones) is 2. The van der Waals surface area contributed by atoms with Crippen LogP contribution in [0.5, 0.6) is 0 Å². The molecule has 70 heavy (non-hydrogen) atoms. The van der Waals surface area contributed by atoms with Gasteiger partial charge in [-0.3, -0.25) is 43.2 Å². The zero-order chi connectivity index (χ0) is 52.9.